The van der Waals surface area contributed by atoms with Crippen LogP contribution in [-0.2, 0) is 9.59 Å². The van der Waals surface area contributed by atoms with Crippen molar-refractivity contribution in [3.63, 3.8) is 0 Å². The van der Waals surface area contributed by atoms with Crippen molar-refractivity contribution in [1.29, 1.82) is 0 Å². The fourth-order valence-electron chi connectivity index (χ4n) is 2.99. The molecule has 0 N–H and O–H groups in total. The van der Waals surface area contributed by atoms with E-state index in [0.717, 1.165) is 27.5 Å². The van der Waals surface area contributed by atoms with Gasteiger partial charge in [-0.25, -0.2) is 0 Å². The summed E-state index contributed by atoms with van der Waals surface area (Å²) in [5.74, 6) is 0.0690. The van der Waals surface area contributed by atoms with Gasteiger partial charge in [0.2, 0.25) is 5.91 Å². The zero-order chi connectivity index (χ0) is 14.4. The van der Waals surface area contributed by atoms with Gasteiger partial charge in [-0.2, -0.15) is 0 Å². The number of halogens is 2. The summed E-state index contributed by atoms with van der Waals surface area (Å²) in [4.78, 5) is 28.5. The third-order valence-corrected chi connectivity index (χ3v) is 5.10. The molecule has 0 spiro atoms. The van der Waals surface area contributed by atoms with E-state index in [0.29, 0.717) is 6.54 Å². The summed E-state index contributed by atoms with van der Waals surface area (Å²) in [6, 6.07) is 4.90. The van der Waals surface area contributed by atoms with Gasteiger partial charge in [-0.05, 0) is 53.9 Å². The summed E-state index contributed by atoms with van der Waals surface area (Å²) >= 11 is 6.88. The molecule has 2 fully saturated rings. The Balaban J connectivity index is 2.03. The average Bonchev–Trinajstić information content (AvgIpc) is 2.88. The van der Waals surface area contributed by atoms with Crippen LogP contribution < -0.4 is 4.90 Å². The lowest BCUT2D eigenvalue weighted by molar-refractivity contribution is -0.143. The molecule has 2 heterocycles. The molecule has 2 amide bonds. The van der Waals surface area contributed by atoms with Gasteiger partial charge in [0, 0.05) is 15.5 Å². The standard InChI is InChI=1S/C14H14Br2N2O2/c1-8-13(19)17-6-2-3-12(17)14(20)18(8)11-5-4-9(15)7-10(11)16/h4-5,7-8,12H,2-3,6H2,1H3. The number of nitrogens with zero attached hydrogens (tertiary/aromatic N) is 2. The lowest BCUT2D eigenvalue weighted by atomic mass is 10.1. The van der Waals surface area contributed by atoms with Crippen molar-refractivity contribution in [3.8, 4) is 0 Å². The SMILES string of the molecule is CC1C(=O)N2CCCC2C(=O)N1c1ccc(Br)cc1Br. The highest BCUT2D eigenvalue weighted by molar-refractivity contribution is 9.11. The van der Waals surface area contributed by atoms with Crippen LogP contribution in [0.4, 0.5) is 5.69 Å². The number of carbonyl (C=O) groups excluding carboxylic acids is 2. The molecule has 0 aromatic heterocycles. The minimum atomic E-state index is -0.450. The van der Waals surface area contributed by atoms with Crippen LogP contribution in [0.5, 0.6) is 0 Å². The third kappa shape index (κ3) is 2.09. The number of benzene rings is 1. The Bertz CT molecular complexity index is 591. The van der Waals surface area contributed by atoms with E-state index in [2.05, 4.69) is 31.9 Å². The molecule has 1 aromatic carbocycles. The first-order valence-corrected chi connectivity index (χ1v) is 8.18. The Kier molecular flexibility index (Phi) is 3.62. The zero-order valence-corrected chi connectivity index (χ0v) is 14.1. The minimum absolute atomic E-state index is 0.0256. The summed E-state index contributed by atoms with van der Waals surface area (Å²) < 4.78 is 1.74. The van der Waals surface area contributed by atoms with Gasteiger partial charge in [0.15, 0.2) is 0 Å². The second kappa shape index (κ2) is 5.15. The van der Waals surface area contributed by atoms with Crippen LogP contribution in [0.25, 0.3) is 0 Å². The Morgan fingerprint density at radius 1 is 1.20 bits per heavy atom. The molecular weight excluding hydrogens is 388 g/mol. The number of rotatable bonds is 1. The second-order valence-corrected chi connectivity index (χ2v) is 6.94. The molecule has 2 atom stereocenters. The molecule has 20 heavy (non-hydrogen) atoms. The van der Waals surface area contributed by atoms with Crippen molar-refractivity contribution >= 4 is 49.4 Å². The molecule has 0 aliphatic carbocycles. The predicted molar refractivity (Wildman–Crippen MR) is 83.5 cm³/mol. The first-order valence-electron chi connectivity index (χ1n) is 6.59. The van der Waals surface area contributed by atoms with Gasteiger partial charge in [0.05, 0.1) is 5.69 Å². The van der Waals surface area contributed by atoms with E-state index in [1.807, 2.05) is 18.2 Å². The maximum Gasteiger partial charge on any atom is 0.250 e. The fraction of sp³-hybridized carbons (Fsp3) is 0.429. The number of hydrogen-bond donors (Lipinski definition) is 0. The van der Waals surface area contributed by atoms with E-state index < -0.39 is 6.04 Å². The van der Waals surface area contributed by atoms with Crippen LogP contribution in [-0.4, -0.2) is 35.3 Å². The first-order chi connectivity index (χ1) is 9.50. The van der Waals surface area contributed by atoms with Gasteiger partial charge in [-0.3, -0.25) is 14.5 Å². The summed E-state index contributed by atoms with van der Waals surface area (Å²) in [5, 5.41) is 0. The Labute approximate surface area is 134 Å². The van der Waals surface area contributed by atoms with E-state index in [1.165, 1.54) is 0 Å². The number of hydrogen-bond acceptors (Lipinski definition) is 2. The van der Waals surface area contributed by atoms with Crippen LogP contribution in [0.1, 0.15) is 19.8 Å². The maximum absolute atomic E-state index is 12.7. The highest BCUT2D eigenvalue weighted by atomic mass is 79.9. The molecule has 0 radical (unpaired) electrons. The smallest absolute Gasteiger partial charge is 0.250 e. The van der Waals surface area contributed by atoms with Crippen molar-refractivity contribution in [2.75, 3.05) is 11.4 Å². The highest BCUT2D eigenvalue weighted by Crippen LogP contribution is 2.35. The molecule has 3 rings (SSSR count). The maximum atomic E-state index is 12.7. The number of amides is 2. The topological polar surface area (TPSA) is 40.6 Å². The second-order valence-electron chi connectivity index (χ2n) is 5.17. The normalized spacial score (nSPS) is 26.1. The van der Waals surface area contributed by atoms with Crippen LogP contribution in [0.15, 0.2) is 27.1 Å². The minimum Gasteiger partial charge on any atom is -0.329 e. The molecule has 1 aromatic rings. The average molecular weight is 402 g/mol. The number of fused-ring (bicyclic) bond motifs is 1. The van der Waals surface area contributed by atoms with Gasteiger partial charge in [-0.1, -0.05) is 15.9 Å². The van der Waals surface area contributed by atoms with Crippen molar-refractivity contribution in [2.45, 2.75) is 31.8 Å². The molecule has 2 unspecified atom stereocenters. The molecule has 2 aliphatic rings. The molecule has 106 valence electrons. The van der Waals surface area contributed by atoms with Crippen molar-refractivity contribution in [1.82, 2.24) is 4.90 Å². The van der Waals surface area contributed by atoms with Crippen molar-refractivity contribution in [3.05, 3.63) is 27.1 Å². The number of anilines is 1. The molecular formula is C14H14Br2N2O2. The zero-order valence-electron chi connectivity index (χ0n) is 11.0. The number of piperazine rings is 1. The Morgan fingerprint density at radius 3 is 2.65 bits per heavy atom. The van der Waals surface area contributed by atoms with E-state index >= 15 is 0 Å². The largest absolute Gasteiger partial charge is 0.329 e. The highest BCUT2D eigenvalue weighted by Gasteiger charge is 2.46. The predicted octanol–water partition coefficient (Wildman–Crippen LogP) is 2.94. The van der Waals surface area contributed by atoms with Crippen molar-refractivity contribution in [2.24, 2.45) is 0 Å². The molecule has 4 nitrogen and oxygen atoms in total. The monoisotopic (exact) mass is 400 g/mol. The molecule has 0 saturated carbocycles. The van der Waals surface area contributed by atoms with Crippen LogP contribution in [0, 0.1) is 0 Å². The molecule has 2 saturated heterocycles. The van der Waals surface area contributed by atoms with E-state index in [1.54, 1.807) is 16.7 Å². The number of carbonyl (C=O) groups is 2. The molecule has 0 bridgehead atoms. The summed E-state index contributed by atoms with van der Waals surface area (Å²) in [7, 11) is 0. The van der Waals surface area contributed by atoms with Gasteiger partial charge >= 0.3 is 0 Å². The summed E-state index contributed by atoms with van der Waals surface area (Å²) in [5.41, 5.74) is 0.755. The van der Waals surface area contributed by atoms with Gasteiger partial charge in [0.1, 0.15) is 12.1 Å². The van der Waals surface area contributed by atoms with Gasteiger partial charge in [-0.15, -0.1) is 0 Å². The Hall–Kier alpha value is -0.880. The van der Waals surface area contributed by atoms with E-state index in [-0.39, 0.29) is 17.9 Å². The van der Waals surface area contributed by atoms with Crippen molar-refractivity contribution < 1.29 is 9.59 Å². The quantitative estimate of drug-likeness (QED) is 0.725. The van der Waals surface area contributed by atoms with Gasteiger partial charge in [0.25, 0.3) is 5.91 Å². The fourth-order valence-corrected chi connectivity index (χ4v) is 4.23. The van der Waals surface area contributed by atoms with Gasteiger partial charge < -0.3 is 4.90 Å². The van der Waals surface area contributed by atoms with E-state index in [4.69, 9.17) is 0 Å². The third-order valence-electron chi connectivity index (χ3n) is 3.97. The molecule has 6 heteroatoms. The van der Waals surface area contributed by atoms with Crippen LogP contribution >= 0.6 is 31.9 Å². The van der Waals surface area contributed by atoms with Crippen LogP contribution in [0.2, 0.25) is 0 Å². The van der Waals surface area contributed by atoms with E-state index in [9.17, 15) is 9.59 Å². The summed E-state index contributed by atoms with van der Waals surface area (Å²) in [6.07, 6.45) is 1.67. The first kappa shape index (κ1) is 14.1. The lowest BCUT2D eigenvalue weighted by Crippen LogP contribution is -2.62. The van der Waals surface area contributed by atoms with Crippen LogP contribution in [0.3, 0.4) is 0 Å². The lowest BCUT2D eigenvalue weighted by Gasteiger charge is -2.41. The Morgan fingerprint density at radius 2 is 1.95 bits per heavy atom. The molecule has 2 aliphatic heterocycles. The summed E-state index contributed by atoms with van der Waals surface area (Å²) in [6.45, 7) is 2.50.